The first-order valence-electron chi connectivity index (χ1n) is 5.07. The lowest BCUT2D eigenvalue weighted by Crippen LogP contribution is -2.09. The molecule has 2 aromatic rings. The first-order valence-corrected chi connectivity index (χ1v) is 5.07. The predicted molar refractivity (Wildman–Crippen MR) is 65.8 cm³/mol. The van der Waals surface area contributed by atoms with Gasteiger partial charge in [-0.2, -0.15) is 15.0 Å². The Morgan fingerprint density at radius 3 is 2.39 bits per heavy atom. The van der Waals surface area contributed by atoms with E-state index in [9.17, 15) is 10.2 Å². The third-order valence-corrected chi connectivity index (χ3v) is 2.21. The van der Waals surface area contributed by atoms with Crippen LogP contribution in [-0.4, -0.2) is 25.2 Å². The van der Waals surface area contributed by atoms with E-state index >= 15 is 0 Å². The summed E-state index contributed by atoms with van der Waals surface area (Å²) in [5.41, 5.74) is 11.3. The lowest BCUT2D eigenvalue weighted by atomic mass is 10.2. The molecule has 0 aliphatic heterocycles. The number of aromatic hydroxyl groups is 2. The van der Waals surface area contributed by atoms with Crippen LogP contribution in [0.25, 0.3) is 0 Å². The summed E-state index contributed by atoms with van der Waals surface area (Å²) in [5, 5.41) is 21.7. The average Bonchev–Trinajstić information content (AvgIpc) is 2.30. The summed E-state index contributed by atoms with van der Waals surface area (Å²) in [5.74, 6) is -0.179. The predicted octanol–water partition coefficient (Wildman–Crippen LogP) is 0.0593. The fraction of sp³-hybridized carbons (Fsp3) is 0.100. The minimum Gasteiger partial charge on any atom is -0.504 e. The molecular formula is C10H12N6O2. The zero-order chi connectivity index (χ0) is 13.1. The summed E-state index contributed by atoms with van der Waals surface area (Å²) < 4.78 is 0. The minimum atomic E-state index is -0.194. The fourth-order valence-electron chi connectivity index (χ4n) is 1.38. The maximum absolute atomic E-state index is 9.59. The summed E-state index contributed by atoms with van der Waals surface area (Å²) in [6.45, 7) is 0.211. The average molecular weight is 248 g/mol. The van der Waals surface area contributed by atoms with E-state index in [0.717, 1.165) is 0 Å². The number of nitrogens with zero attached hydrogens (tertiary/aromatic N) is 3. The topological polar surface area (TPSA) is 143 Å². The number of para-hydroxylation sites is 1. The number of hydrogen-bond donors (Lipinski definition) is 5. The molecule has 0 bridgehead atoms. The summed E-state index contributed by atoms with van der Waals surface area (Å²) in [6.07, 6.45) is 0. The highest BCUT2D eigenvalue weighted by Gasteiger charge is 2.07. The Hall–Kier alpha value is -2.77. The molecule has 7 N–H and O–H groups in total. The Labute approximate surface area is 102 Å². The van der Waals surface area contributed by atoms with E-state index in [-0.39, 0.29) is 35.9 Å². The molecule has 2 rings (SSSR count). The van der Waals surface area contributed by atoms with Crippen molar-refractivity contribution in [1.82, 2.24) is 15.0 Å². The van der Waals surface area contributed by atoms with E-state index in [0.29, 0.717) is 5.56 Å². The van der Waals surface area contributed by atoms with Gasteiger partial charge in [-0.25, -0.2) is 0 Å². The number of phenols is 2. The van der Waals surface area contributed by atoms with Crippen molar-refractivity contribution < 1.29 is 10.2 Å². The minimum absolute atomic E-state index is 0.00475. The van der Waals surface area contributed by atoms with E-state index in [1.165, 1.54) is 6.07 Å². The SMILES string of the molecule is Nc1nc(N)nc(NCc2cccc(O)c2O)n1. The number of anilines is 3. The highest BCUT2D eigenvalue weighted by molar-refractivity contribution is 5.46. The second-order valence-corrected chi connectivity index (χ2v) is 3.51. The van der Waals surface area contributed by atoms with Crippen molar-refractivity contribution in [2.45, 2.75) is 6.54 Å². The van der Waals surface area contributed by atoms with Gasteiger partial charge in [-0.3, -0.25) is 0 Å². The van der Waals surface area contributed by atoms with E-state index in [2.05, 4.69) is 20.3 Å². The summed E-state index contributed by atoms with van der Waals surface area (Å²) in [6, 6.07) is 4.65. The van der Waals surface area contributed by atoms with Gasteiger partial charge in [0.25, 0.3) is 0 Å². The number of aromatic nitrogens is 3. The van der Waals surface area contributed by atoms with Gasteiger partial charge in [0, 0.05) is 12.1 Å². The van der Waals surface area contributed by atoms with Crippen LogP contribution in [0.3, 0.4) is 0 Å². The van der Waals surface area contributed by atoms with Crippen LogP contribution in [0.1, 0.15) is 5.56 Å². The number of nitrogen functional groups attached to an aromatic ring is 2. The maximum atomic E-state index is 9.59. The van der Waals surface area contributed by atoms with Crippen LogP contribution in [0.15, 0.2) is 18.2 Å². The first kappa shape index (κ1) is 11.7. The largest absolute Gasteiger partial charge is 0.504 e. The second-order valence-electron chi connectivity index (χ2n) is 3.51. The third-order valence-electron chi connectivity index (χ3n) is 2.21. The molecular weight excluding hydrogens is 236 g/mol. The number of rotatable bonds is 3. The highest BCUT2D eigenvalue weighted by Crippen LogP contribution is 2.28. The van der Waals surface area contributed by atoms with Crippen molar-refractivity contribution in [2.75, 3.05) is 16.8 Å². The van der Waals surface area contributed by atoms with Crippen LogP contribution in [0.5, 0.6) is 11.5 Å². The number of phenolic OH excluding ortho intramolecular Hbond substituents is 2. The number of hydrogen-bond acceptors (Lipinski definition) is 8. The molecule has 0 amide bonds. The molecule has 0 aliphatic carbocycles. The van der Waals surface area contributed by atoms with Gasteiger partial charge < -0.3 is 27.0 Å². The molecule has 0 saturated heterocycles. The smallest absolute Gasteiger partial charge is 0.229 e. The van der Waals surface area contributed by atoms with Gasteiger partial charge in [-0.1, -0.05) is 12.1 Å². The molecule has 8 nitrogen and oxygen atoms in total. The molecule has 1 aromatic heterocycles. The molecule has 1 aromatic carbocycles. The van der Waals surface area contributed by atoms with E-state index in [1.54, 1.807) is 12.1 Å². The van der Waals surface area contributed by atoms with Gasteiger partial charge in [-0.05, 0) is 6.07 Å². The van der Waals surface area contributed by atoms with Crippen molar-refractivity contribution in [2.24, 2.45) is 0 Å². The molecule has 1 heterocycles. The molecule has 0 aliphatic rings. The van der Waals surface area contributed by atoms with E-state index in [4.69, 9.17) is 11.5 Å². The number of nitrogens with two attached hydrogens (primary N) is 2. The summed E-state index contributed by atoms with van der Waals surface area (Å²) >= 11 is 0. The van der Waals surface area contributed by atoms with Gasteiger partial charge >= 0.3 is 0 Å². The fourth-order valence-corrected chi connectivity index (χ4v) is 1.38. The highest BCUT2D eigenvalue weighted by atomic mass is 16.3. The van der Waals surface area contributed by atoms with Gasteiger partial charge in [0.1, 0.15) is 0 Å². The molecule has 8 heteroatoms. The maximum Gasteiger partial charge on any atom is 0.229 e. The molecule has 0 radical (unpaired) electrons. The summed E-state index contributed by atoms with van der Waals surface area (Å²) in [4.78, 5) is 11.3. The lowest BCUT2D eigenvalue weighted by molar-refractivity contribution is 0.400. The first-order chi connectivity index (χ1) is 8.56. The Kier molecular flexibility index (Phi) is 3.00. The van der Waals surface area contributed by atoms with Crippen molar-refractivity contribution in [3.8, 4) is 11.5 Å². The van der Waals surface area contributed by atoms with Crippen LogP contribution < -0.4 is 16.8 Å². The van der Waals surface area contributed by atoms with Crippen LogP contribution in [-0.2, 0) is 6.54 Å². The van der Waals surface area contributed by atoms with Crippen molar-refractivity contribution >= 4 is 17.8 Å². The van der Waals surface area contributed by atoms with E-state index < -0.39 is 0 Å². The Morgan fingerprint density at radius 2 is 1.72 bits per heavy atom. The van der Waals surface area contributed by atoms with Crippen molar-refractivity contribution in [3.63, 3.8) is 0 Å². The summed E-state index contributed by atoms with van der Waals surface area (Å²) in [7, 11) is 0. The molecule has 0 saturated carbocycles. The van der Waals surface area contributed by atoms with Gasteiger partial charge in [0.2, 0.25) is 17.8 Å². The monoisotopic (exact) mass is 248 g/mol. The molecule has 0 spiro atoms. The Morgan fingerprint density at radius 1 is 1.06 bits per heavy atom. The standard InChI is InChI=1S/C10H12N6O2/c11-8-14-9(12)16-10(15-8)13-4-5-2-1-3-6(17)7(5)18/h1-3,17-18H,4H2,(H5,11,12,13,14,15,16). The van der Waals surface area contributed by atoms with E-state index in [1.807, 2.05) is 0 Å². The van der Waals surface area contributed by atoms with Gasteiger partial charge in [-0.15, -0.1) is 0 Å². The van der Waals surface area contributed by atoms with Gasteiger partial charge in [0.15, 0.2) is 11.5 Å². The quantitative estimate of drug-likeness (QED) is 0.480. The molecule has 18 heavy (non-hydrogen) atoms. The lowest BCUT2D eigenvalue weighted by Gasteiger charge is -2.08. The second kappa shape index (κ2) is 4.62. The Balaban J connectivity index is 2.14. The molecule has 0 fully saturated rings. The molecule has 94 valence electrons. The molecule has 0 atom stereocenters. The van der Waals surface area contributed by atoms with Crippen LogP contribution in [0.2, 0.25) is 0 Å². The zero-order valence-electron chi connectivity index (χ0n) is 9.33. The van der Waals surface area contributed by atoms with Crippen molar-refractivity contribution in [1.29, 1.82) is 0 Å². The Bertz CT molecular complexity index is 554. The van der Waals surface area contributed by atoms with Crippen LogP contribution >= 0.6 is 0 Å². The van der Waals surface area contributed by atoms with Crippen molar-refractivity contribution in [3.05, 3.63) is 23.8 Å². The van der Waals surface area contributed by atoms with Gasteiger partial charge in [0.05, 0.1) is 0 Å². The number of benzene rings is 1. The van der Waals surface area contributed by atoms with Crippen LogP contribution in [0.4, 0.5) is 17.8 Å². The third kappa shape index (κ3) is 2.48. The number of nitrogens with one attached hydrogen (secondary N) is 1. The van der Waals surface area contributed by atoms with Crippen LogP contribution in [0, 0.1) is 0 Å². The normalized spacial score (nSPS) is 10.2. The zero-order valence-corrected chi connectivity index (χ0v) is 9.33. The molecule has 0 unspecified atom stereocenters.